The zero-order chi connectivity index (χ0) is 16.9. The molecule has 1 saturated heterocycles. The van der Waals surface area contributed by atoms with Gasteiger partial charge in [-0.1, -0.05) is 32.9 Å². The molecule has 1 aromatic rings. The second-order valence-electron chi connectivity index (χ2n) is 7.44. The Balaban J connectivity index is 1.78. The molecular formula is C19H30N2OS. The monoisotopic (exact) mass is 334 g/mol. The van der Waals surface area contributed by atoms with E-state index in [4.69, 9.17) is 0 Å². The van der Waals surface area contributed by atoms with Crippen molar-refractivity contribution in [3.8, 4) is 0 Å². The SMILES string of the molecule is CNCC1CCN(C(=O)CSc2ccc(C(C)(C)C)cc2)CC1. The predicted octanol–water partition coefficient (Wildman–Crippen LogP) is 3.53. The van der Waals surface area contributed by atoms with E-state index >= 15 is 0 Å². The fourth-order valence-corrected chi connectivity index (χ4v) is 3.76. The molecule has 1 amide bonds. The number of benzene rings is 1. The molecule has 2 rings (SSSR count). The smallest absolute Gasteiger partial charge is 0.232 e. The predicted molar refractivity (Wildman–Crippen MR) is 99.1 cm³/mol. The van der Waals surface area contributed by atoms with Crippen LogP contribution in [0.25, 0.3) is 0 Å². The Morgan fingerprint density at radius 1 is 1.22 bits per heavy atom. The van der Waals surface area contributed by atoms with Gasteiger partial charge in [-0.3, -0.25) is 4.79 Å². The lowest BCUT2D eigenvalue weighted by atomic mass is 9.87. The maximum atomic E-state index is 12.4. The van der Waals surface area contributed by atoms with E-state index in [-0.39, 0.29) is 11.3 Å². The van der Waals surface area contributed by atoms with E-state index in [2.05, 4.69) is 50.4 Å². The second kappa shape index (κ2) is 8.20. The summed E-state index contributed by atoms with van der Waals surface area (Å²) in [6, 6.07) is 8.63. The average molecular weight is 335 g/mol. The molecule has 3 nitrogen and oxygen atoms in total. The van der Waals surface area contributed by atoms with Crippen LogP contribution in [-0.2, 0) is 10.2 Å². The molecule has 1 aliphatic heterocycles. The Morgan fingerprint density at radius 3 is 2.35 bits per heavy atom. The van der Waals surface area contributed by atoms with Crippen molar-refractivity contribution in [3.05, 3.63) is 29.8 Å². The van der Waals surface area contributed by atoms with Gasteiger partial charge in [0.05, 0.1) is 5.75 Å². The van der Waals surface area contributed by atoms with Crippen molar-refractivity contribution >= 4 is 17.7 Å². The van der Waals surface area contributed by atoms with Gasteiger partial charge in [0.2, 0.25) is 5.91 Å². The maximum absolute atomic E-state index is 12.4. The summed E-state index contributed by atoms with van der Waals surface area (Å²) < 4.78 is 0. The van der Waals surface area contributed by atoms with Gasteiger partial charge in [-0.05, 0) is 55.5 Å². The van der Waals surface area contributed by atoms with Gasteiger partial charge in [0.1, 0.15) is 0 Å². The molecule has 0 atom stereocenters. The zero-order valence-electron chi connectivity index (χ0n) is 14.9. The Hall–Kier alpha value is -1.00. The summed E-state index contributed by atoms with van der Waals surface area (Å²) in [6.45, 7) is 9.55. The summed E-state index contributed by atoms with van der Waals surface area (Å²) in [7, 11) is 2.00. The molecule has 1 aromatic carbocycles. The van der Waals surface area contributed by atoms with Crippen molar-refractivity contribution in [3.63, 3.8) is 0 Å². The normalized spacial score (nSPS) is 16.6. The van der Waals surface area contributed by atoms with E-state index in [9.17, 15) is 4.79 Å². The average Bonchev–Trinajstić information content (AvgIpc) is 2.53. The number of nitrogens with zero attached hydrogens (tertiary/aromatic N) is 1. The number of rotatable bonds is 5. The van der Waals surface area contributed by atoms with E-state index in [1.807, 2.05) is 11.9 Å². The van der Waals surface area contributed by atoms with Crippen molar-refractivity contribution in [1.29, 1.82) is 0 Å². The molecule has 0 unspecified atom stereocenters. The molecule has 0 aromatic heterocycles. The topological polar surface area (TPSA) is 32.3 Å². The summed E-state index contributed by atoms with van der Waals surface area (Å²) in [5, 5.41) is 3.24. The maximum Gasteiger partial charge on any atom is 0.232 e. The van der Waals surface area contributed by atoms with E-state index in [1.54, 1.807) is 11.8 Å². The number of likely N-dealkylation sites (tertiary alicyclic amines) is 1. The summed E-state index contributed by atoms with van der Waals surface area (Å²) in [4.78, 5) is 15.6. The first-order chi connectivity index (χ1) is 10.9. The van der Waals surface area contributed by atoms with E-state index < -0.39 is 0 Å². The van der Waals surface area contributed by atoms with Crippen LogP contribution in [0.15, 0.2) is 29.2 Å². The minimum absolute atomic E-state index is 0.177. The molecule has 1 N–H and O–H groups in total. The first-order valence-corrected chi connectivity index (χ1v) is 9.54. The van der Waals surface area contributed by atoms with Gasteiger partial charge in [-0.15, -0.1) is 11.8 Å². The summed E-state index contributed by atoms with van der Waals surface area (Å²) in [6.07, 6.45) is 2.25. The number of nitrogens with one attached hydrogen (secondary N) is 1. The number of carbonyl (C=O) groups excluding carboxylic acids is 1. The molecule has 1 aliphatic rings. The lowest BCUT2D eigenvalue weighted by Gasteiger charge is -2.32. The highest BCUT2D eigenvalue weighted by Crippen LogP contribution is 2.26. The largest absolute Gasteiger partial charge is 0.342 e. The Bertz CT molecular complexity index is 499. The minimum atomic E-state index is 0.177. The van der Waals surface area contributed by atoms with Crippen LogP contribution < -0.4 is 5.32 Å². The fourth-order valence-electron chi connectivity index (χ4n) is 2.96. The molecular weight excluding hydrogens is 304 g/mol. The van der Waals surface area contributed by atoms with Gasteiger partial charge in [0.25, 0.3) is 0 Å². The van der Waals surface area contributed by atoms with Gasteiger partial charge in [-0.2, -0.15) is 0 Å². The van der Waals surface area contributed by atoms with Crippen molar-refractivity contribution in [2.75, 3.05) is 32.4 Å². The third-order valence-corrected chi connectivity index (χ3v) is 5.54. The van der Waals surface area contributed by atoms with Gasteiger partial charge >= 0.3 is 0 Å². The minimum Gasteiger partial charge on any atom is -0.342 e. The summed E-state index contributed by atoms with van der Waals surface area (Å²) in [5.41, 5.74) is 1.51. The number of hydrogen-bond donors (Lipinski definition) is 1. The standard InChI is InChI=1S/C19H30N2OS/c1-19(2,3)16-5-7-17(8-6-16)23-14-18(22)21-11-9-15(10-12-21)13-20-4/h5-8,15,20H,9-14H2,1-4H3. The highest BCUT2D eigenvalue weighted by Gasteiger charge is 2.22. The molecule has 4 heteroatoms. The lowest BCUT2D eigenvalue weighted by molar-refractivity contribution is -0.129. The Labute approximate surface area is 145 Å². The van der Waals surface area contributed by atoms with Crippen LogP contribution in [0, 0.1) is 5.92 Å². The van der Waals surface area contributed by atoms with Crippen LogP contribution in [0.4, 0.5) is 0 Å². The van der Waals surface area contributed by atoms with E-state index in [1.165, 1.54) is 10.5 Å². The quantitative estimate of drug-likeness (QED) is 0.836. The number of thioether (sulfide) groups is 1. The molecule has 0 radical (unpaired) electrons. The zero-order valence-corrected chi connectivity index (χ0v) is 15.7. The Morgan fingerprint density at radius 2 is 1.83 bits per heavy atom. The van der Waals surface area contributed by atoms with Crippen LogP contribution in [-0.4, -0.2) is 43.2 Å². The van der Waals surface area contributed by atoms with Crippen molar-refractivity contribution in [2.45, 2.75) is 43.9 Å². The van der Waals surface area contributed by atoms with Gasteiger partial charge in [0, 0.05) is 18.0 Å². The third kappa shape index (κ3) is 5.54. The highest BCUT2D eigenvalue weighted by atomic mass is 32.2. The van der Waals surface area contributed by atoms with E-state index in [0.29, 0.717) is 5.75 Å². The number of hydrogen-bond acceptors (Lipinski definition) is 3. The fraction of sp³-hybridized carbons (Fsp3) is 0.632. The van der Waals surface area contributed by atoms with Crippen molar-refractivity contribution < 1.29 is 4.79 Å². The summed E-state index contributed by atoms with van der Waals surface area (Å²) >= 11 is 1.65. The second-order valence-corrected chi connectivity index (χ2v) is 8.49. The van der Waals surface area contributed by atoms with Crippen LogP contribution in [0.5, 0.6) is 0 Å². The summed E-state index contributed by atoms with van der Waals surface area (Å²) in [5.74, 6) is 1.55. The van der Waals surface area contributed by atoms with Crippen molar-refractivity contribution in [1.82, 2.24) is 10.2 Å². The number of amides is 1. The molecule has 1 fully saturated rings. The first-order valence-electron chi connectivity index (χ1n) is 8.56. The number of carbonyl (C=O) groups is 1. The van der Waals surface area contributed by atoms with Gasteiger partial charge < -0.3 is 10.2 Å². The van der Waals surface area contributed by atoms with E-state index in [0.717, 1.165) is 38.4 Å². The van der Waals surface area contributed by atoms with Gasteiger partial charge in [0.15, 0.2) is 0 Å². The van der Waals surface area contributed by atoms with Gasteiger partial charge in [-0.25, -0.2) is 0 Å². The van der Waals surface area contributed by atoms with Crippen LogP contribution in [0.3, 0.4) is 0 Å². The van der Waals surface area contributed by atoms with Crippen molar-refractivity contribution in [2.24, 2.45) is 5.92 Å². The highest BCUT2D eigenvalue weighted by molar-refractivity contribution is 8.00. The molecule has 0 aliphatic carbocycles. The van der Waals surface area contributed by atoms with Crippen LogP contribution in [0.2, 0.25) is 0 Å². The molecule has 128 valence electrons. The lowest BCUT2D eigenvalue weighted by Crippen LogP contribution is -2.41. The van der Waals surface area contributed by atoms with Crippen LogP contribution >= 0.6 is 11.8 Å². The molecule has 1 heterocycles. The molecule has 23 heavy (non-hydrogen) atoms. The van der Waals surface area contributed by atoms with Crippen LogP contribution in [0.1, 0.15) is 39.2 Å². The molecule has 0 spiro atoms. The first kappa shape index (κ1) is 18.3. The third-order valence-electron chi connectivity index (χ3n) is 4.54. The number of piperidine rings is 1. The Kier molecular flexibility index (Phi) is 6.54. The molecule has 0 saturated carbocycles. The molecule has 0 bridgehead atoms.